The van der Waals surface area contributed by atoms with Gasteiger partial charge in [0.2, 0.25) is 5.13 Å². The predicted octanol–water partition coefficient (Wildman–Crippen LogP) is 3.79. The summed E-state index contributed by atoms with van der Waals surface area (Å²) in [6, 6.07) is 4.37. The lowest BCUT2D eigenvalue weighted by atomic mass is 9.57. The topological polar surface area (TPSA) is 82.3 Å². The molecule has 1 aliphatic carbocycles. The summed E-state index contributed by atoms with van der Waals surface area (Å²) in [5.74, 6) is 1.29. The number of aliphatic hydroxyl groups is 1. The Bertz CT molecular complexity index is 1080. The zero-order valence-electron chi connectivity index (χ0n) is 17.7. The molecule has 7 nitrogen and oxygen atoms in total. The van der Waals surface area contributed by atoms with Crippen LogP contribution in [0.1, 0.15) is 49.6 Å². The van der Waals surface area contributed by atoms with Gasteiger partial charge in [0.05, 0.1) is 30.5 Å². The van der Waals surface area contributed by atoms with Crippen LogP contribution in [0.15, 0.2) is 18.3 Å². The molecule has 1 saturated carbocycles. The minimum absolute atomic E-state index is 0.00141. The quantitative estimate of drug-likeness (QED) is 0.681. The molecule has 0 amide bonds. The summed E-state index contributed by atoms with van der Waals surface area (Å²) in [5, 5.41) is 26.8. The van der Waals surface area contributed by atoms with Crippen molar-refractivity contribution in [3.8, 4) is 10.9 Å². The molecule has 2 aliphatic rings. The maximum atomic E-state index is 11.1. The van der Waals surface area contributed by atoms with Gasteiger partial charge in [0.15, 0.2) is 0 Å². The highest BCUT2D eigenvalue weighted by molar-refractivity contribution is 7.13. The average Bonchev–Trinajstić information content (AvgIpc) is 3.30. The van der Waals surface area contributed by atoms with Crippen LogP contribution in [0, 0.1) is 12.8 Å². The summed E-state index contributed by atoms with van der Waals surface area (Å²) >= 11 is 1.53. The lowest BCUT2D eigenvalue weighted by Gasteiger charge is -2.49. The van der Waals surface area contributed by atoms with E-state index in [0.29, 0.717) is 19.1 Å². The minimum atomic E-state index is -0.743. The number of hydrogen-bond acceptors (Lipinski definition) is 7. The van der Waals surface area contributed by atoms with Gasteiger partial charge in [0.1, 0.15) is 10.8 Å². The van der Waals surface area contributed by atoms with Gasteiger partial charge in [-0.25, -0.2) is 4.68 Å². The van der Waals surface area contributed by atoms with Crippen LogP contribution < -0.4 is 4.74 Å². The fraction of sp³-hybridized carbons (Fsp3) is 0.591. The maximum absolute atomic E-state index is 11.1. The number of nitrogens with zero attached hydrogens (tertiary/aromatic N) is 4. The lowest BCUT2D eigenvalue weighted by molar-refractivity contribution is -0.0903. The Morgan fingerprint density at radius 3 is 2.93 bits per heavy atom. The largest absolute Gasteiger partial charge is 0.493 e. The van der Waals surface area contributed by atoms with Crippen LogP contribution in [0.3, 0.4) is 0 Å². The predicted molar refractivity (Wildman–Crippen MR) is 116 cm³/mol. The molecule has 1 aliphatic heterocycles. The highest BCUT2D eigenvalue weighted by atomic mass is 32.1. The number of rotatable bonds is 4. The standard InChI is InChI=1S/C22H28N4O3S/c1-4-22-7-6-21(27,13-28-3)11-16(22)5-8-29-19-10-18-15(9-17(19)22)12-23-26(18)20-25-24-14(2)30-20/h9-10,12,16,27H,4-8,11,13H2,1-3H3. The van der Waals surface area contributed by atoms with Crippen LogP contribution in [0.4, 0.5) is 0 Å². The zero-order valence-corrected chi connectivity index (χ0v) is 18.5. The van der Waals surface area contributed by atoms with E-state index < -0.39 is 5.60 Å². The molecule has 1 fully saturated rings. The molecular formula is C22H28N4O3S. The van der Waals surface area contributed by atoms with Crippen molar-refractivity contribution in [2.45, 2.75) is 57.0 Å². The Hall–Kier alpha value is -2.03. The van der Waals surface area contributed by atoms with Crippen molar-refractivity contribution in [3.05, 3.63) is 28.9 Å². The molecule has 0 spiro atoms. The number of ether oxygens (including phenoxy) is 2. The van der Waals surface area contributed by atoms with Gasteiger partial charge in [-0.2, -0.15) is 5.10 Å². The second kappa shape index (κ2) is 7.28. The van der Waals surface area contributed by atoms with E-state index in [1.54, 1.807) is 7.11 Å². The van der Waals surface area contributed by atoms with E-state index >= 15 is 0 Å². The van der Waals surface area contributed by atoms with Crippen LogP contribution in [0.25, 0.3) is 16.0 Å². The number of benzene rings is 1. The van der Waals surface area contributed by atoms with E-state index in [-0.39, 0.29) is 5.41 Å². The van der Waals surface area contributed by atoms with E-state index in [2.05, 4.69) is 34.4 Å². The van der Waals surface area contributed by atoms with E-state index in [1.165, 1.54) is 16.9 Å². The van der Waals surface area contributed by atoms with Gasteiger partial charge in [-0.05, 0) is 51.0 Å². The summed E-state index contributed by atoms with van der Waals surface area (Å²) in [5.41, 5.74) is 1.50. The fourth-order valence-corrected chi connectivity index (χ4v) is 6.26. The van der Waals surface area contributed by atoms with Gasteiger partial charge in [-0.3, -0.25) is 0 Å². The molecule has 1 aromatic carbocycles. The van der Waals surface area contributed by atoms with Crippen LogP contribution in [0.5, 0.6) is 5.75 Å². The molecule has 160 valence electrons. The van der Waals surface area contributed by atoms with Crippen molar-refractivity contribution in [1.29, 1.82) is 0 Å². The molecule has 0 radical (unpaired) electrons. The van der Waals surface area contributed by atoms with E-state index in [1.807, 2.05) is 17.8 Å². The van der Waals surface area contributed by atoms with Gasteiger partial charge in [-0.1, -0.05) is 18.3 Å². The third kappa shape index (κ3) is 3.04. The molecule has 8 heteroatoms. The van der Waals surface area contributed by atoms with E-state index in [4.69, 9.17) is 9.47 Å². The van der Waals surface area contributed by atoms with Crippen molar-refractivity contribution in [3.63, 3.8) is 0 Å². The van der Waals surface area contributed by atoms with Crippen LogP contribution >= 0.6 is 11.3 Å². The van der Waals surface area contributed by atoms with Crippen molar-refractivity contribution >= 4 is 22.2 Å². The normalized spacial score (nSPS) is 28.6. The second-order valence-corrected chi connectivity index (χ2v) is 9.93. The summed E-state index contributed by atoms with van der Waals surface area (Å²) in [6.07, 6.45) is 6.28. The van der Waals surface area contributed by atoms with Crippen molar-refractivity contribution in [1.82, 2.24) is 20.0 Å². The van der Waals surface area contributed by atoms with Gasteiger partial charge in [0.25, 0.3) is 0 Å². The number of aryl methyl sites for hydroxylation is 1. The smallest absolute Gasteiger partial charge is 0.233 e. The van der Waals surface area contributed by atoms with Crippen LogP contribution in [0.2, 0.25) is 0 Å². The summed E-state index contributed by atoms with van der Waals surface area (Å²) in [7, 11) is 1.67. The molecule has 0 saturated heterocycles. The molecule has 30 heavy (non-hydrogen) atoms. The van der Waals surface area contributed by atoms with Crippen molar-refractivity contribution in [2.24, 2.45) is 5.92 Å². The highest BCUT2D eigenvalue weighted by Crippen LogP contribution is 2.54. The van der Waals surface area contributed by atoms with Gasteiger partial charge < -0.3 is 14.6 Å². The number of fused-ring (bicyclic) bond motifs is 4. The summed E-state index contributed by atoms with van der Waals surface area (Å²) in [6.45, 7) is 5.26. The first-order valence-electron chi connectivity index (χ1n) is 10.6. The van der Waals surface area contributed by atoms with Gasteiger partial charge >= 0.3 is 0 Å². The maximum Gasteiger partial charge on any atom is 0.233 e. The van der Waals surface area contributed by atoms with E-state index in [0.717, 1.165) is 58.9 Å². The lowest BCUT2D eigenvalue weighted by Crippen LogP contribution is -2.49. The number of hydrogen-bond donors (Lipinski definition) is 1. The number of methoxy groups -OCH3 is 1. The average molecular weight is 429 g/mol. The SMILES string of the molecule is CCC12CCC(O)(COC)CC1CCOc1cc3c(cnn3-c3nnc(C)s3)cc12. The minimum Gasteiger partial charge on any atom is -0.493 e. The summed E-state index contributed by atoms with van der Waals surface area (Å²) in [4.78, 5) is 0. The van der Waals surface area contributed by atoms with Gasteiger partial charge in [0, 0.05) is 29.5 Å². The molecule has 5 rings (SSSR count). The monoisotopic (exact) mass is 428 g/mol. The van der Waals surface area contributed by atoms with Crippen LogP contribution in [-0.2, 0) is 10.2 Å². The van der Waals surface area contributed by atoms with Crippen LogP contribution in [-0.4, -0.2) is 51.0 Å². The Morgan fingerprint density at radius 2 is 2.20 bits per heavy atom. The molecule has 3 heterocycles. The Kier molecular flexibility index (Phi) is 4.83. The third-order valence-corrected chi connectivity index (χ3v) is 7.93. The first-order chi connectivity index (χ1) is 14.5. The molecule has 3 aromatic rings. The summed E-state index contributed by atoms with van der Waals surface area (Å²) < 4.78 is 13.5. The first kappa shape index (κ1) is 19.9. The Morgan fingerprint density at radius 1 is 1.33 bits per heavy atom. The molecule has 3 atom stereocenters. The third-order valence-electron chi connectivity index (χ3n) is 7.11. The van der Waals surface area contributed by atoms with E-state index in [9.17, 15) is 5.11 Å². The second-order valence-electron chi connectivity index (χ2n) is 8.77. The van der Waals surface area contributed by atoms with Crippen molar-refractivity contribution < 1.29 is 14.6 Å². The molecule has 3 unspecified atom stereocenters. The molecule has 2 aromatic heterocycles. The Labute approximate surface area is 180 Å². The first-order valence-corrected chi connectivity index (χ1v) is 11.5. The molecule has 0 bridgehead atoms. The Balaban J connectivity index is 1.61. The molecular weight excluding hydrogens is 400 g/mol. The molecule has 1 N–H and O–H groups in total. The zero-order chi connectivity index (χ0) is 20.9. The van der Waals surface area contributed by atoms with Crippen molar-refractivity contribution in [2.75, 3.05) is 20.3 Å². The highest BCUT2D eigenvalue weighted by Gasteiger charge is 2.50. The van der Waals surface area contributed by atoms with Gasteiger partial charge in [-0.15, -0.1) is 10.2 Å². The fourth-order valence-electron chi connectivity index (χ4n) is 5.60. The number of aromatic nitrogens is 4.